The lowest BCUT2D eigenvalue weighted by Crippen LogP contribution is -2.35. The molecule has 1 unspecified atom stereocenters. The summed E-state index contributed by atoms with van der Waals surface area (Å²) in [5.41, 5.74) is 0.351. The molecule has 1 atom stereocenters. The molecule has 170 valence electrons. The van der Waals surface area contributed by atoms with Crippen molar-refractivity contribution in [1.82, 2.24) is 9.62 Å². The molecule has 2 amide bonds. The summed E-state index contributed by atoms with van der Waals surface area (Å²) in [6, 6.07) is 11.2. The van der Waals surface area contributed by atoms with Gasteiger partial charge < -0.3 is 10.1 Å². The Hall–Kier alpha value is -3.04. The molecule has 0 radical (unpaired) electrons. The lowest BCUT2D eigenvalue weighted by molar-refractivity contribution is -0.120. The van der Waals surface area contributed by atoms with Crippen LogP contribution in [0.15, 0.2) is 52.4 Å². The number of amides is 2. The molecule has 2 aromatic carbocycles. The highest BCUT2D eigenvalue weighted by molar-refractivity contribution is 7.89. The summed E-state index contributed by atoms with van der Waals surface area (Å²) in [5, 5.41) is 4.21. The predicted octanol–water partition coefficient (Wildman–Crippen LogP) is 1.10. The van der Waals surface area contributed by atoms with Crippen molar-refractivity contribution < 1.29 is 22.7 Å². The Morgan fingerprint density at radius 3 is 2.44 bits per heavy atom. The number of benzene rings is 2. The third-order valence-corrected chi connectivity index (χ3v) is 7.43. The van der Waals surface area contributed by atoms with Gasteiger partial charge in [0.25, 0.3) is 11.8 Å². The first-order chi connectivity index (χ1) is 15.3. The zero-order valence-corrected chi connectivity index (χ0v) is 19.2. The third kappa shape index (κ3) is 5.05. The van der Waals surface area contributed by atoms with Crippen molar-refractivity contribution in [3.05, 3.63) is 58.6 Å². The van der Waals surface area contributed by atoms with Crippen molar-refractivity contribution in [1.29, 1.82) is 0 Å². The smallest absolute Gasteiger partial charge is 0.253 e. The summed E-state index contributed by atoms with van der Waals surface area (Å²) in [5.74, 6) is -0.374. The average molecular weight is 458 g/mol. The van der Waals surface area contributed by atoms with Crippen molar-refractivity contribution in [2.75, 3.05) is 26.7 Å². The van der Waals surface area contributed by atoms with E-state index < -0.39 is 15.9 Å². The normalized spacial score (nSPS) is 15.5. The first-order valence-corrected chi connectivity index (χ1v) is 11.9. The minimum absolute atomic E-state index is 0.150. The number of rotatable bonds is 9. The van der Waals surface area contributed by atoms with Gasteiger partial charge in [-0.05, 0) is 48.0 Å². The van der Waals surface area contributed by atoms with Crippen LogP contribution >= 0.6 is 0 Å². The highest BCUT2D eigenvalue weighted by atomic mass is 32.2. The minimum atomic E-state index is -3.57. The van der Waals surface area contributed by atoms with E-state index in [-0.39, 0.29) is 23.3 Å². The number of hydrogen-bond donors (Lipinski definition) is 1. The number of sulfonamides is 1. The van der Waals surface area contributed by atoms with Gasteiger partial charge in [0.15, 0.2) is 0 Å². The highest BCUT2D eigenvalue weighted by Gasteiger charge is 2.22. The summed E-state index contributed by atoms with van der Waals surface area (Å²) < 4.78 is 31.6. The summed E-state index contributed by atoms with van der Waals surface area (Å²) >= 11 is 0. The van der Waals surface area contributed by atoms with Crippen LogP contribution in [0.4, 0.5) is 0 Å². The molecule has 0 saturated carbocycles. The number of ether oxygens (including phenoxy) is 1. The summed E-state index contributed by atoms with van der Waals surface area (Å²) in [6.45, 7) is 4.59. The third-order valence-electron chi connectivity index (χ3n) is 5.37. The average Bonchev–Trinajstić information content (AvgIpc) is 2.79. The molecule has 32 heavy (non-hydrogen) atoms. The molecule has 9 heteroatoms. The predicted molar refractivity (Wildman–Crippen MR) is 120 cm³/mol. The van der Waals surface area contributed by atoms with Crippen molar-refractivity contribution in [2.45, 2.75) is 25.2 Å². The van der Waals surface area contributed by atoms with Gasteiger partial charge in [0.1, 0.15) is 5.75 Å². The van der Waals surface area contributed by atoms with Gasteiger partial charge in [-0.3, -0.25) is 9.59 Å². The lowest BCUT2D eigenvalue weighted by Gasteiger charge is -2.18. The zero-order chi connectivity index (χ0) is 23.3. The van der Waals surface area contributed by atoms with Crippen LogP contribution in [0.1, 0.15) is 30.6 Å². The number of carbonyl (C=O) groups excluding carboxylic acids is 2. The molecule has 3 rings (SSSR count). The van der Waals surface area contributed by atoms with E-state index in [1.54, 1.807) is 27.0 Å². The highest BCUT2D eigenvalue weighted by Crippen LogP contribution is 2.16. The zero-order valence-electron chi connectivity index (χ0n) is 18.4. The fourth-order valence-corrected chi connectivity index (χ4v) is 4.98. The van der Waals surface area contributed by atoms with Crippen LogP contribution in [-0.4, -0.2) is 51.3 Å². The summed E-state index contributed by atoms with van der Waals surface area (Å²) in [6.07, 6.45) is 2.26. The van der Waals surface area contributed by atoms with Crippen molar-refractivity contribution in [3.8, 4) is 5.75 Å². The van der Waals surface area contributed by atoms with E-state index in [2.05, 4.69) is 10.3 Å². The molecule has 1 aliphatic heterocycles. The fraction of sp³-hybridized carbons (Fsp3) is 0.348. The number of hydrogen-bond acceptors (Lipinski definition) is 5. The number of carbonyl (C=O) groups is 2. The standard InChI is InChI=1S/C23H27N3O5S/c1-4-26(5-2)32(29,30)20-10-7-16(8-11-20)22(27)24-13-12-18-14-17-6-9-19(31-3)15-21(17)25-23(18)28/h6-11,14-15,18H,4-5,12-13H2,1-3H3,(H,24,27). The SMILES string of the molecule is CCN(CC)S(=O)(=O)c1ccc(C(=O)NCCC2C=c3ccc(OC)cc3=NC2=O)cc1. The van der Waals surface area contributed by atoms with E-state index in [0.29, 0.717) is 36.2 Å². The van der Waals surface area contributed by atoms with Crippen LogP contribution in [-0.2, 0) is 14.8 Å². The van der Waals surface area contributed by atoms with Crippen LogP contribution in [0.5, 0.6) is 5.75 Å². The molecule has 1 N–H and O–H groups in total. The van der Waals surface area contributed by atoms with E-state index in [9.17, 15) is 18.0 Å². The molecule has 0 saturated heterocycles. The van der Waals surface area contributed by atoms with Gasteiger partial charge in [-0.2, -0.15) is 4.31 Å². The van der Waals surface area contributed by atoms with Gasteiger partial charge >= 0.3 is 0 Å². The van der Waals surface area contributed by atoms with Gasteiger partial charge in [-0.25, -0.2) is 13.4 Å². The Morgan fingerprint density at radius 2 is 1.81 bits per heavy atom. The van der Waals surface area contributed by atoms with E-state index >= 15 is 0 Å². The van der Waals surface area contributed by atoms with Gasteiger partial charge in [0, 0.05) is 31.3 Å². The molecule has 8 nitrogen and oxygen atoms in total. The van der Waals surface area contributed by atoms with Crippen molar-refractivity contribution >= 4 is 27.9 Å². The monoisotopic (exact) mass is 457 g/mol. The first-order valence-electron chi connectivity index (χ1n) is 10.5. The largest absolute Gasteiger partial charge is 0.497 e. The van der Waals surface area contributed by atoms with Gasteiger partial charge in [0.05, 0.1) is 23.3 Å². The van der Waals surface area contributed by atoms with Crippen molar-refractivity contribution in [3.63, 3.8) is 0 Å². The molecule has 0 aromatic heterocycles. The van der Waals surface area contributed by atoms with Crippen molar-refractivity contribution in [2.24, 2.45) is 10.9 Å². The topological polar surface area (TPSA) is 105 Å². The second kappa shape index (κ2) is 10.1. The van der Waals surface area contributed by atoms with Gasteiger partial charge in [-0.15, -0.1) is 0 Å². The van der Waals surface area contributed by atoms with Crippen LogP contribution < -0.4 is 20.6 Å². The quantitative estimate of drug-likeness (QED) is 0.607. The maximum absolute atomic E-state index is 12.6. The fourth-order valence-electron chi connectivity index (χ4n) is 3.52. The summed E-state index contributed by atoms with van der Waals surface area (Å²) in [4.78, 5) is 29.0. The molecule has 1 aliphatic rings. The van der Waals surface area contributed by atoms with Gasteiger partial charge in [0.2, 0.25) is 10.0 Å². The molecule has 2 aromatic rings. The van der Waals surface area contributed by atoms with E-state index in [1.165, 1.54) is 28.6 Å². The maximum atomic E-state index is 12.6. The molecular formula is C23H27N3O5S. The Kier molecular flexibility index (Phi) is 7.42. The molecule has 0 aliphatic carbocycles. The Bertz CT molecular complexity index is 1220. The van der Waals surface area contributed by atoms with Crippen LogP contribution in [0.3, 0.4) is 0 Å². The number of nitrogens with zero attached hydrogens (tertiary/aromatic N) is 2. The molecular weight excluding hydrogens is 430 g/mol. The molecule has 0 bridgehead atoms. The second-order valence-corrected chi connectivity index (χ2v) is 9.24. The Morgan fingerprint density at radius 1 is 1.12 bits per heavy atom. The molecule has 0 spiro atoms. The Labute approximate surface area is 187 Å². The van der Waals surface area contributed by atoms with Crippen LogP contribution in [0.2, 0.25) is 0 Å². The van der Waals surface area contributed by atoms with E-state index in [0.717, 1.165) is 5.22 Å². The Balaban J connectivity index is 1.61. The molecule has 1 heterocycles. The van der Waals surface area contributed by atoms with E-state index in [1.807, 2.05) is 18.2 Å². The second-order valence-electron chi connectivity index (χ2n) is 7.31. The summed E-state index contributed by atoms with van der Waals surface area (Å²) in [7, 11) is -2.01. The van der Waals surface area contributed by atoms with Crippen LogP contribution in [0, 0.1) is 5.92 Å². The van der Waals surface area contributed by atoms with Crippen LogP contribution in [0.25, 0.3) is 6.08 Å². The molecule has 0 fully saturated rings. The number of nitrogens with one attached hydrogen (secondary N) is 1. The number of fused-ring (bicyclic) bond motifs is 1. The van der Waals surface area contributed by atoms with E-state index in [4.69, 9.17) is 4.74 Å². The minimum Gasteiger partial charge on any atom is -0.497 e. The lowest BCUT2D eigenvalue weighted by atomic mass is 10.00. The maximum Gasteiger partial charge on any atom is 0.253 e. The van der Waals surface area contributed by atoms with Gasteiger partial charge in [-0.1, -0.05) is 19.9 Å². The number of methoxy groups -OCH3 is 1. The first kappa shape index (κ1) is 23.6.